The lowest BCUT2D eigenvalue weighted by Gasteiger charge is -2.30. The second-order valence-electron chi connectivity index (χ2n) is 11.1. The largest absolute Gasteiger partial charge is 0.461 e. The number of carbonyl (C=O) groups excluding carboxylic acids is 1. The predicted octanol–water partition coefficient (Wildman–Crippen LogP) is 4.98. The van der Waals surface area contributed by atoms with Crippen LogP contribution in [0.15, 0.2) is 40.3 Å². The Morgan fingerprint density at radius 1 is 1.15 bits per heavy atom. The fourth-order valence-electron chi connectivity index (χ4n) is 6.45. The van der Waals surface area contributed by atoms with E-state index in [4.69, 9.17) is 14.6 Å². The van der Waals surface area contributed by atoms with Gasteiger partial charge in [0.25, 0.3) is 5.56 Å². The molecule has 39 heavy (non-hydrogen) atoms. The van der Waals surface area contributed by atoms with Gasteiger partial charge >= 0.3 is 5.97 Å². The van der Waals surface area contributed by atoms with E-state index in [1.807, 2.05) is 37.3 Å². The number of fused-ring (bicyclic) bond motifs is 5. The zero-order chi connectivity index (χ0) is 27.0. The maximum absolute atomic E-state index is 13.8. The highest BCUT2D eigenvalue weighted by Crippen LogP contribution is 2.41. The van der Waals surface area contributed by atoms with Crippen LogP contribution in [0.3, 0.4) is 0 Å². The molecule has 1 aromatic carbocycles. The Morgan fingerprint density at radius 3 is 2.69 bits per heavy atom. The number of benzene rings is 1. The minimum Gasteiger partial charge on any atom is -0.461 e. The molecule has 3 aromatic rings. The minimum absolute atomic E-state index is 0.0321. The molecule has 0 bridgehead atoms. The van der Waals surface area contributed by atoms with Gasteiger partial charge in [0.2, 0.25) is 0 Å². The third kappa shape index (κ3) is 4.54. The smallest absolute Gasteiger partial charge is 0.307 e. The number of nitrogens with zero attached hydrogens (tertiary/aromatic N) is 3. The molecule has 0 amide bonds. The van der Waals surface area contributed by atoms with Gasteiger partial charge in [-0.05, 0) is 49.8 Å². The highest BCUT2D eigenvalue weighted by Gasteiger charge is 2.40. The number of oxime groups is 1. The van der Waals surface area contributed by atoms with Crippen molar-refractivity contribution in [1.82, 2.24) is 9.55 Å². The minimum atomic E-state index is -0.868. The first kappa shape index (κ1) is 25.7. The van der Waals surface area contributed by atoms with Crippen molar-refractivity contribution >= 4 is 23.1 Å². The molecule has 2 aromatic heterocycles. The number of aliphatic hydroxyl groups excluding tert-OH is 1. The van der Waals surface area contributed by atoms with Crippen molar-refractivity contribution in [1.29, 1.82) is 0 Å². The van der Waals surface area contributed by atoms with Crippen LogP contribution in [0.1, 0.15) is 87.0 Å². The third-order valence-electron chi connectivity index (χ3n) is 8.85. The number of ether oxygens (including phenoxy) is 1. The zero-order valence-electron chi connectivity index (χ0n) is 22.4. The van der Waals surface area contributed by atoms with Gasteiger partial charge in [-0.2, -0.15) is 0 Å². The van der Waals surface area contributed by atoms with Crippen LogP contribution in [0, 0.1) is 0 Å². The second kappa shape index (κ2) is 10.6. The van der Waals surface area contributed by atoms with Crippen molar-refractivity contribution in [3.8, 4) is 11.4 Å². The summed E-state index contributed by atoms with van der Waals surface area (Å²) in [5.74, 6) is -0.404. The predicted molar refractivity (Wildman–Crippen MR) is 149 cm³/mol. The van der Waals surface area contributed by atoms with Gasteiger partial charge in [-0.3, -0.25) is 9.59 Å². The number of esters is 1. The van der Waals surface area contributed by atoms with Crippen LogP contribution in [-0.4, -0.2) is 39.6 Å². The normalized spacial score (nSPS) is 21.5. The van der Waals surface area contributed by atoms with Crippen molar-refractivity contribution in [2.45, 2.75) is 89.4 Å². The number of pyridine rings is 2. The van der Waals surface area contributed by atoms with Crippen molar-refractivity contribution in [3.63, 3.8) is 0 Å². The van der Waals surface area contributed by atoms with E-state index in [-0.39, 0.29) is 31.3 Å². The summed E-state index contributed by atoms with van der Waals surface area (Å²) in [6.45, 7) is 1.92. The van der Waals surface area contributed by atoms with Crippen molar-refractivity contribution in [3.05, 3.63) is 62.9 Å². The van der Waals surface area contributed by atoms with Gasteiger partial charge in [-0.15, -0.1) is 0 Å². The summed E-state index contributed by atoms with van der Waals surface area (Å²) in [6.07, 6.45) is 10.6. The van der Waals surface area contributed by atoms with E-state index < -0.39 is 11.4 Å². The molecular formula is C31H35N3O5. The lowest BCUT2D eigenvalue weighted by Crippen LogP contribution is -2.35. The molecule has 3 aliphatic rings. The van der Waals surface area contributed by atoms with E-state index in [1.54, 1.807) is 10.8 Å². The molecule has 4 heterocycles. The Hall–Kier alpha value is -3.52. The Bertz CT molecular complexity index is 1500. The SMILES string of the molecule is CCC1(CO)CC(=O)OCc2c1cc1n(c2=O)Cc2c-1nc1ccccc1c2/C=N/OC1CCCCCCC1. The highest BCUT2D eigenvalue weighted by atomic mass is 16.6. The fraction of sp³-hybridized carbons (Fsp3) is 0.484. The zero-order valence-corrected chi connectivity index (χ0v) is 22.4. The number of cyclic esters (lactones) is 1. The van der Waals surface area contributed by atoms with Crippen LogP contribution in [-0.2, 0) is 32.9 Å². The molecular weight excluding hydrogens is 494 g/mol. The van der Waals surface area contributed by atoms with Gasteiger partial charge in [0.15, 0.2) is 0 Å². The number of rotatable bonds is 5. The first-order valence-electron chi connectivity index (χ1n) is 14.2. The summed E-state index contributed by atoms with van der Waals surface area (Å²) < 4.78 is 7.11. The lowest BCUT2D eigenvalue weighted by molar-refractivity contribution is -0.146. The average molecular weight is 530 g/mol. The molecule has 1 fully saturated rings. The molecule has 1 atom stereocenters. The first-order valence-corrected chi connectivity index (χ1v) is 14.2. The number of aromatic nitrogens is 2. The van der Waals surface area contributed by atoms with E-state index in [1.165, 1.54) is 32.1 Å². The topological polar surface area (TPSA) is 103 Å². The van der Waals surface area contributed by atoms with Gasteiger partial charge < -0.3 is 19.2 Å². The molecule has 0 radical (unpaired) electrons. The quantitative estimate of drug-likeness (QED) is 0.222. The molecule has 1 unspecified atom stereocenters. The van der Waals surface area contributed by atoms with Crippen LogP contribution in [0.4, 0.5) is 0 Å². The van der Waals surface area contributed by atoms with Crippen molar-refractivity contribution in [2.24, 2.45) is 5.16 Å². The van der Waals surface area contributed by atoms with Crippen molar-refractivity contribution < 1.29 is 19.5 Å². The van der Waals surface area contributed by atoms with Crippen LogP contribution in [0.5, 0.6) is 0 Å². The van der Waals surface area contributed by atoms with E-state index in [2.05, 4.69) is 5.16 Å². The lowest BCUT2D eigenvalue weighted by atomic mass is 9.74. The van der Waals surface area contributed by atoms with E-state index in [9.17, 15) is 14.7 Å². The first-order chi connectivity index (χ1) is 19.0. The second-order valence-corrected chi connectivity index (χ2v) is 11.1. The fourth-order valence-corrected chi connectivity index (χ4v) is 6.45. The van der Waals surface area contributed by atoms with E-state index in [0.29, 0.717) is 29.8 Å². The van der Waals surface area contributed by atoms with Gasteiger partial charge in [0.05, 0.1) is 48.3 Å². The maximum Gasteiger partial charge on any atom is 0.307 e. The van der Waals surface area contributed by atoms with E-state index >= 15 is 0 Å². The molecule has 204 valence electrons. The van der Waals surface area contributed by atoms with Crippen LogP contribution in [0.2, 0.25) is 0 Å². The average Bonchev–Trinajstić information content (AvgIpc) is 3.22. The van der Waals surface area contributed by atoms with Gasteiger partial charge in [0, 0.05) is 21.9 Å². The van der Waals surface area contributed by atoms with Gasteiger partial charge in [0.1, 0.15) is 12.7 Å². The van der Waals surface area contributed by atoms with E-state index in [0.717, 1.165) is 40.6 Å². The Kier molecular flexibility index (Phi) is 6.97. The van der Waals surface area contributed by atoms with Crippen LogP contribution in [0.25, 0.3) is 22.3 Å². The summed E-state index contributed by atoms with van der Waals surface area (Å²) in [5.41, 5.74) is 4.07. The Balaban J connectivity index is 1.45. The summed E-state index contributed by atoms with van der Waals surface area (Å²) in [6, 6.07) is 9.85. The molecule has 1 aliphatic carbocycles. The molecule has 1 N–H and O–H groups in total. The Labute approximate surface area is 227 Å². The van der Waals surface area contributed by atoms with Crippen molar-refractivity contribution in [2.75, 3.05) is 6.61 Å². The maximum atomic E-state index is 13.8. The highest BCUT2D eigenvalue weighted by molar-refractivity contribution is 6.02. The molecule has 8 heteroatoms. The summed E-state index contributed by atoms with van der Waals surface area (Å²) in [4.78, 5) is 37.2. The molecule has 6 rings (SSSR count). The molecule has 2 aliphatic heterocycles. The standard InChI is InChI=1S/C31H35N3O5/c1-2-31(19-35)15-28(36)38-18-24-25(31)14-27-29-23(17-34(27)30(24)37)22(21-12-8-9-13-26(21)33-29)16-32-39-20-10-6-4-3-5-7-11-20/h8-9,12-14,16,20,35H,2-7,10-11,15,17-19H2,1H3/b32-16+. The Morgan fingerprint density at radius 2 is 1.92 bits per heavy atom. The number of carbonyl (C=O) groups is 1. The summed E-state index contributed by atoms with van der Waals surface area (Å²) in [5, 5.41) is 15.8. The van der Waals surface area contributed by atoms with Gasteiger partial charge in [-0.1, -0.05) is 49.5 Å². The number of aliphatic hydroxyl groups is 1. The molecule has 0 saturated heterocycles. The molecule has 0 spiro atoms. The van der Waals surface area contributed by atoms with Gasteiger partial charge in [-0.25, -0.2) is 4.98 Å². The van der Waals surface area contributed by atoms with Crippen LogP contribution >= 0.6 is 0 Å². The number of para-hydroxylation sites is 1. The summed E-state index contributed by atoms with van der Waals surface area (Å²) >= 11 is 0. The summed E-state index contributed by atoms with van der Waals surface area (Å²) in [7, 11) is 0. The monoisotopic (exact) mass is 529 g/mol. The molecule has 1 saturated carbocycles. The molecule has 8 nitrogen and oxygen atoms in total. The number of hydrogen-bond donors (Lipinski definition) is 1. The third-order valence-corrected chi connectivity index (χ3v) is 8.85. The number of hydrogen-bond acceptors (Lipinski definition) is 7. The van der Waals surface area contributed by atoms with Crippen LogP contribution < -0.4 is 5.56 Å².